The summed E-state index contributed by atoms with van der Waals surface area (Å²) in [6.45, 7) is 6.16. The molecule has 3 aromatic rings. The predicted molar refractivity (Wildman–Crippen MR) is 116 cm³/mol. The van der Waals surface area contributed by atoms with Crippen LogP contribution in [-0.4, -0.2) is 64.8 Å². The summed E-state index contributed by atoms with van der Waals surface area (Å²) in [6.07, 6.45) is 3.50. The molecule has 4 rings (SSSR count). The fourth-order valence-electron chi connectivity index (χ4n) is 3.06. The van der Waals surface area contributed by atoms with Crippen molar-refractivity contribution in [2.75, 3.05) is 43.2 Å². The molecule has 9 nitrogen and oxygen atoms in total. The topological polar surface area (TPSA) is 108 Å². The number of hydrazone groups is 1. The van der Waals surface area contributed by atoms with Crippen molar-refractivity contribution in [2.45, 2.75) is 19.4 Å². The Kier molecular flexibility index (Phi) is 5.82. The van der Waals surface area contributed by atoms with Gasteiger partial charge in [0.2, 0.25) is 11.8 Å². The van der Waals surface area contributed by atoms with E-state index in [1.165, 1.54) is 0 Å². The molecule has 1 aromatic carbocycles. The van der Waals surface area contributed by atoms with E-state index in [4.69, 9.17) is 9.47 Å². The number of anilines is 2. The summed E-state index contributed by atoms with van der Waals surface area (Å²) in [5.41, 5.74) is 4.61. The highest BCUT2D eigenvalue weighted by Gasteiger charge is 2.18. The number of nitrogens with one attached hydrogen (secondary N) is 2. The largest absolute Gasteiger partial charge is 0.474 e. The Labute approximate surface area is 174 Å². The number of H-pyrrole nitrogens is 1. The molecule has 1 aliphatic heterocycles. The number of ether oxygens (including phenoxy) is 2. The fourth-order valence-corrected chi connectivity index (χ4v) is 3.06. The molecule has 0 radical (unpaired) electrons. The van der Waals surface area contributed by atoms with Gasteiger partial charge in [-0.15, -0.1) is 0 Å². The minimum atomic E-state index is -0.963. The third-order valence-electron chi connectivity index (χ3n) is 4.55. The van der Waals surface area contributed by atoms with Crippen molar-refractivity contribution in [1.29, 1.82) is 0 Å². The normalized spacial score (nSPS) is 15.1. The van der Waals surface area contributed by atoms with Gasteiger partial charge in [0.15, 0.2) is 0 Å². The van der Waals surface area contributed by atoms with Gasteiger partial charge in [0, 0.05) is 36.3 Å². The summed E-state index contributed by atoms with van der Waals surface area (Å²) in [4.78, 5) is 14.4. The van der Waals surface area contributed by atoms with E-state index in [-0.39, 0.29) is 6.61 Å². The van der Waals surface area contributed by atoms with Gasteiger partial charge in [-0.05, 0) is 19.9 Å². The molecule has 0 unspecified atom stereocenters. The highest BCUT2D eigenvalue weighted by molar-refractivity contribution is 5.92. The smallest absolute Gasteiger partial charge is 0.229 e. The average Bonchev–Trinajstić information content (AvgIpc) is 3.16. The van der Waals surface area contributed by atoms with Gasteiger partial charge in [0.05, 0.1) is 36.4 Å². The molecule has 30 heavy (non-hydrogen) atoms. The van der Waals surface area contributed by atoms with E-state index in [9.17, 15) is 5.11 Å². The van der Waals surface area contributed by atoms with Crippen molar-refractivity contribution in [3.8, 4) is 5.88 Å². The first kappa shape index (κ1) is 20.1. The molecule has 2 aromatic heterocycles. The first-order valence-electron chi connectivity index (χ1n) is 9.90. The van der Waals surface area contributed by atoms with E-state index in [0.717, 1.165) is 16.6 Å². The summed E-state index contributed by atoms with van der Waals surface area (Å²) in [6, 6.07) is 9.70. The standard InChI is InChI=1S/C21H26N6O3/c1-21(2,28)14-30-19-11-15(24-20(25-19)27-7-9-29-10-8-27)12-23-26-18-13-22-17-6-4-3-5-16(17)18/h3-6,11-13,22,26,28H,7-10,14H2,1-2H3/b23-12+. The highest BCUT2D eigenvalue weighted by Crippen LogP contribution is 2.22. The lowest BCUT2D eigenvalue weighted by Gasteiger charge is -2.27. The first-order valence-corrected chi connectivity index (χ1v) is 9.90. The van der Waals surface area contributed by atoms with E-state index < -0.39 is 5.60 Å². The lowest BCUT2D eigenvalue weighted by Crippen LogP contribution is -2.37. The molecule has 3 heterocycles. The predicted octanol–water partition coefficient (Wildman–Crippen LogP) is 2.39. The van der Waals surface area contributed by atoms with Gasteiger partial charge in [-0.3, -0.25) is 5.43 Å². The minimum absolute atomic E-state index is 0.122. The monoisotopic (exact) mass is 410 g/mol. The van der Waals surface area contributed by atoms with Gasteiger partial charge >= 0.3 is 0 Å². The summed E-state index contributed by atoms with van der Waals surface area (Å²) < 4.78 is 11.1. The van der Waals surface area contributed by atoms with E-state index in [2.05, 4.69) is 25.5 Å². The second-order valence-electron chi connectivity index (χ2n) is 7.75. The molecular formula is C21H26N6O3. The van der Waals surface area contributed by atoms with Gasteiger partial charge in [-0.25, -0.2) is 4.98 Å². The summed E-state index contributed by atoms with van der Waals surface area (Å²) in [5, 5.41) is 15.4. The molecule has 158 valence electrons. The van der Waals surface area contributed by atoms with Crippen molar-refractivity contribution in [1.82, 2.24) is 15.0 Å². The van der Waals surface area contributed by atoms with Crippen LogP contribution in [0.2, 0.25) is 0 Å². The Hall–Kier alpha value is -3.17. The number of nitrogens with zero attached hydrogens (tertiary/aromatic N) is 4. The Morgan fingerprint density at radius 2 is 2.10 bits per heavy atom. The van der Waals surface area contributed by atoms with Crippen LogP contribution in [0.3, 0.4) is 0 Å². The number of morpholine rings is 1. The fraction of sp³-hybridized carbons (Fsp3) is 0.381. The molecular weight excluding hydrogens is 384 g/mol. The van der Waals surface area contributed by atoms with E-state index in [1.807, 2.05) is 35.4 Å². The Morgan fingerprint density at radius 3 is 2.90 bits per heavy atom. The Morgan fingerprint density at radius 1 is 1.30 bits per heavy atom. The average molecular weight is 410 g/mol. The summed E-state index contributed by atoms with van der Waals surface area (Å²) in [5.74, 6) is 0.947. The number of aromatic nitrogens is 3. The Bertz CT molecular complexity index is 1020. The van der Waals surface area contributed by atoms with Gasteiger partial charge < -0.3 is 24.5 Å². The van der Waals surface area contributed by atoms with Crippen LogP contribution in [0.25, 0.3) is 10.9 Å². The number of aliphatic hydroxyl groups is 1. The zero-order chi connectivity index (χ0) is 21.0. The van der Waals surface area contributed by atoms with E-state index in [0.29, 0.717) is 43.8 Å². The first-order chi connectivity index (χ1) is 14.5. The number of para-hydroxylation sites is 1. The van der Waals surface area contributed by atoms with Crippen molar-refractivity contribution in [2.24, 2.45) is 5.10 Å². The molecule has 0 amide bonds. The van der Waals surface area contributed by atoms with E-state index in [1.54, 1.807) is 26.1 Å². The number of hydrogen-bond donors (Lipinski definition) is 3. The SMILES string of the molecule is CC(C)(O)COc1cc(/C=N/Nc2c[nH]c3ccccc23)nc(N2CCOCC2)n1. The van der Waals surface area contributed by atoms with Crippen LogP contribution < -0.4 is 15.1 Å². The molecule has 1 fully saturated rings. The molecule has 0 aliphatic carbocycles. The van der Waals surface area contributed by atoms with Crippen LogP contribution in [0.15, 0.2) is 41.6 Å². The third kappa shape index (κ3) is 5.05. The quantitative estimate of drug-likeness (QED) is 0.405. The maximum atomic E-state index is 9.97. The maximum Gasteiger partial charge on any atom is 0.229 e. The lowest BCUT2D eigenvalue weighted by molar-refractivity contribution is 0.0268. The van der Waals surface area contributed by atoms with Crippen LogP contribution in [0, 0.1) is 0 Å². The number of aromatic amines is 1. The van der Waals surface area contributed by atoms with Crippen molar-refractivity contribution >= 4 is 28.8 Å². The molecule has 0 saturated carbocycles. The molecule has 0 spiro atoms. The molecule has 0 atom stereocenters. The van der Waals surface area contributed by atoms with Gasteiger partial charge in [-0.2, -0.15) is 10.1 Å². The number of rotatable bonds is 7. The van der Waals surface area contributed by atoms with E-state index >= 15 is 0 Å². The molecule has 9 heteroatoms. The number of fused-ring (bicyclic) bond motifs is 1. The lowest BCUT2D eigenvalue weighted by atomic mass is 10.2. The minimum Gasteiger partial charge on any atom is -0.474 e. The second-order valence-corrected chi connectivity index (χ2v) is 7.75. The molecule has 3 N–H and O–H groups in total. The maximum absolute atomic E-state index is 9.97. The zero-order valence-corrected chi connectivity index (χ0v) is 17.1. The van der Waals surface area contributed by atoms with Gasteiger partial charge in [0.25, 0.3) is 0 Å². The van der Waals surface area contributed by atoms with Crippen molar-refractivity contribution < 1.29 is 14.6 Å². The second kappa shape index (κ2) is 8.68. The summed E-state index contributed by atoms with van der Waals surface area (Å²) >= 11 is 0. The third-order valence-corrected chi connectivity index (χ3v) is 4.55. The molecule has 1 saturated heterocycles. The van der Waals surface area contributed by atoms with Crippen molar-refractivity contribution in [3.63, 3.8) is 0 Å². The van der Waals surface area contributed by atoms with Crippen LogP contribution in [0.5, 0.6) is 5.88 Å². The van der Waals surface area contributed by atoms with Gasteiger partial charge in [-0.1, -0.05) is 18.2 Å². The van der Waals surface area contributed by atoms with Crippen LogP contribution >= 0.6 is 0 Å². The number of hydrogen-bond acceptors (Lipinski definition) is 8. The van der Waals surface area contributed by atoms with Crippen LogP contribution in [0.4, 0.5) is 11.6 Å². The molecule has 0 bridgehead atoms. The van der Waals surface area contributed by atoms with Crippen molar-refractivity contribution in [3.05, 3.63) is 42.2 Å². The Balaban J connectivity index is 1.54. The highest BCUT2D eigenvalue weighted by atomic mass is 16.5. The zero-order valence-electron chi connectivity index (χ0n) is 17.1. The summed E-state index contributed by atoms with van der Waals surface area (Å²) in [7, 11) is 0. The number of benzene rings is 1. The van der Waals surface area contributed by atoms with Crippen LogP contribution in [0.1, 0.15) is 19.5 Å². The van der Waals surface area contributed by atoms with Gasteiger partial charge in [0.1, 0.15) is 6.61 Å². The van der Waals surface area contributed by atoms with Crippen LogP contribution in [-0.2, 0) is 4.74 Å². The molecule has 1 aliphatic rings.